The largest absolute Gasteiger partial charge is 0.462 e. The van der Waals surface area contributed by atoms with E-state index < -0.39 is 0 Å². The van der Waals surface area contributed by atoms with Gasteiger partial charge in [-0.15, -0.1) is 11.3 Å². The van der Waals surface area contributed by atoms with E-state index in [1.165, 1.54) is 22.3 Å². The number of nitrogens with one attached hydrogen (secondary N) is 1. The van der Waals surface area contributed by atoms with Crippen molar-refractivity contribution in [2.24, 2.45) is 0 Å². The van der Waals surface area contributed by atoms with E-state index in [2.05, 4.69) is 5.32 Å². The van der Waals surface area contributed by atoms with E-state index in [9.17, 15) is 9.59 Å². The van der Waals surface area contributed by atoms with Crippen molar-refractivity contribution < 1.29 is 14.3 Å². The molecule has 136 valence electrons. The summed E-state index contributed by atoms with van der Waals surface area (Å²) in [6.45, 7) is 2.09. The molecule has 4 nitrogen and oxygen atoms in total. The molecule has 1 N–H and O–H groups in total. The molecule has 2 aromatic rings. The Kier molecular flexibility index (Phi) is 6.12. The Labute approximate surface area is 161 Å². The highest BCUT2D eigenvalue weighted by Crippen LogP contribution is 2.38. The number of aryl methyl sites for hydroxylation is 1. The number of carbonyl (C=O) groups is 2. The maximum Gasteiger partial charge on any atom is 0.350 e. The van der Waals surface area contributed by atoms with E-state index in [1.807, 2.05) is 12.1 Å². The van der Waals surface area contributed by atoms with Crippen LogP contribution in [0.25, 0.3) is 6.08 Å². The summed E-state index contributed by atoms with van der Waals surface area (Å²) >= 11 is 7.30. The van der Waals surface area contributed by atoms with Crippen molar-refractivity contribution in [3.63, 3.8) is 0 Å². The molecule has 0 saturated heterocycles. The van der Waals surface area contributed by atoms with Crippen LogP contribution in [0.1, 0.15) is 45.4 Å². The van der Waals surface area contributed by atoms with E-state index in [4.69, 9.17) is 16.3 Å². The minimum atomic E-state index is -0.371. The molecule has 0 saturated carbocycles. The molecule has 0 atom stereocenters. The van der Waals surface area contributed by atoms with Gasteiger partial charge < -0.3 is 10.1 Å². The molecule has 0 fully saturated rings. The standard InChI is InChI=1S/C20H20ClNO3S/c1-2-25-20(24)19-18(15-5-3-4-6-16(15)26-19)22-17(23)12-9-13-7-10-14(21)11-8-13/h7-12H,2-6H2,1H3,(H,22,23)/b12-9-. The smallest absolute Gasteiger partial charge is 0.350 e. The van der Waals surface area contributed by atoms with E-state index >= 15 is 0 Å². The molecule has 6 heteroatoms. The first kappa shape index (κ1) is 18.7. The molecule has 1 aliphatic carbocycles. The second kappa shape index (κ2) is 8.52. The van der Waals surface area contributed by atoms with Gasteiger partial charge >= 0.3 is 5.97 Å². The van der Waals surface area contributed by atoms with Crippen LogP contribution in [0.2, 0.25) is 5.02 Å². The normalized spacial score (nSPS) is 13.5. The van der Waals surface area contributed by atoms with Crippen molar-refractivity contribution in [3.8, 4) is 0 Å². The number of fused-ring (bicyclic) bond motifs is 1. The number of esters is 1. The van der Waals surface area contributed by atoms with Gasteiger partial charge in [-0.05, 0) is 61.9 Å². The molecule has 0 aliphatic heterocycles. The molecule has 1 heterocycles. The summed E-state index contributed by atoms with van der Waals surface area (Å²) in [6, 6.07) is 7.21. The predicted octanol–water partition coefficient (Wildman–Crippen LogP) is 5.11. The summed E-state index contributed by atoms with van der Waals surface area (Å²) in [6.07, 6.45) is 7.18. The number of hydrogen-bond donors (Lipinski definition) is 1. The van der Waals surface area contributed by atoms with Crippen molar-refractivity contribution in [2.75, 3.05) is 11.9 Å². The molecule has 0 unspecified atom stereocenters. The molecule has 3 rings (SSSR count). The summed E-state index contributed by atoms with van der Waals surface area (Å²) in [5.41, 5.74) is 2.58. The molecular formula is C20H20ClNO3S. The number of halogens is 1. The number of hydrogen-bond acceptors (Lipinski definition) is 4. The third-order valence-electron chi connectivity index (χ3n) is 4.18. The summed E-state index contributed by atoms with van der Waals surface area (Å²) < 4.78 is 5.16. The third kappa shape index (κ3) is 4.34. The zero-order valence-corrected chi connectivity index (χ0v) is 16.1. The number of ether oxygens (including phenoxy) is 1. The second-order valence-electron chi connectivity index (χ2n) is 6.01. The van der Waals surface area contributed by atoms with E-state index in [1.54, 1.807) is 25.1 Å². The number of anilines is 1. The average molecular weight is 390 g/mol. The Morgan fingerprint density at radius 2 is 1.96 bits per heavy atom. The van der Waals surface area contributed by atoms with Gasteiger partial charge in [-0.25, -0.2) is 4.79 Å². The Morgan fingerprint density at radius 3 is 2.69 bits per heavy atom. The molecule has 1 amide bonds. The van der Waals surface area contributed by atoms with Gasteiger partial charge in [-0.3, -0.25) is 4.79 Å². The molecule has 0 radical (unpaired) electrons. The maximum atomic E-state index is 12.4. The fourth-order valence-corrected chi connectivity index (χ4v) is 4.31. The third-order valence-corrected chi connectivity index (χ3v) is 5.70. The topological polar surface area (TPSA) is 55.4 Å². The zero-order chi connectivity index (χ0) is 18.5. The van der Waals surface area contributed by atoms with Crippen molar-refractivity contribution in [2.45, 2.75) is 32.6 Å². The van der Waals surface area contributed by atoms with Crippen LogP contribution in [0.15, 0.2) is 30.3 Å². The van der Waals surface area contributed by atoms with Crippen LogP contribution in [0, 0.1) is 0 Å². The number of amides is 1. The lowest BCUT2D eigenvalue weighted by molar-refractivity contribution is -0.111. The molecule has 0 bridgehead atoms. The van der Waals surface area contributed by atoms with Crippen molar-refractivity contribution in [1.29, 1.82) is 0 Å². The highest BCUT2D eigenvalue weighted by molar-refractivity contribution is 7.14. The molecule has 1 aromatic carbocycles. The first-order chi connectivity index (χ1) is 12.6. The average Bonchev–Trinajstić information content (AvgIpc) is 3.00. The minimum Gasteiger partial charge on any atom is -0.462 e. The SMILES string of the molecule is CCOC(=O)c1sc2c(c1NC(=O)/C=C\c1ccc(Cl)cc1)CCCC2. The quantitative estimate of drug-likeness (QED) is 0.571. The highest BCUT2D eigenvalue weighted by atomic mass is 35.5. The lowest BCUT2D eigenvalue weighted by Gasteiger charge is -2.13. The Morgan fingerprint density at radius 1 is 1.23 bits per heavy atom. The number of thiophene rings is 1. The number of rotatable bonds is 5. The maximum absolute atomic E-state index is 12.4. The Balaban J connectivity index is 1.81. The monoisotopic (exact) mass is 389 g/mol. The van der Waals surface area contributed by atoms with Gasteiger partial charge in [-0.2, -0.15) is 0 Å². The van der Waals surface area contributed by atoms with Gasteiger partial charge in [0.05, 0.1) is 12.3 Å². The summed E-state index contributed by atoms with van der Waals surface area (Å²) in [5, 5.41) is 3.55. The fraction of sp³-hybridized carbons (Fsp3) is 0.300. The summed E-state index contributed by atoms with van der Waals surface area (Å²) in [5.74, 6) is -0.638. The van der Waals surface area contributed by atoms with Crippen LogP contribution >= 0.6 is 22.9 Å². The van der Waals surface area contributed by atoms with E-state index in [-0.39, 0.29) is 11.9 Å². The first-order valence-corrected chi connectivity index (χ1v) is 9.84. The van der Waals surface area contributed by atoms with Gasteiger partial charge in [0.25, 0.3) is 0 Å². The number of benzene rings is 1. The van der Waals surface area contributed by atoms with Gasteiger partial charge in [0, 0.05) is 16.0 Å². The van der Waals surface area contributed by atoms with Crippen molar-refractivity contribution in [1.82, 2.24) is 0 Å². The van der Waals surface area contributed by atoms with Crippen LogP contribution in [0.5, 0.6) is 0 Å². The van der Waals surface area contributed by atoms with Gasteiger partial charge in [0.2, 0.25) is 5.91 Å². The van der Waals surface area contributed by atoms with Gasteiger partial charge in [0.1, 0.15) is 4.88 Å². The molecule has 1 aromatic heterocycles. The predicted molar refractivity (Wildman–Crippen MR) is 106 cm³/mol. The van der Waals surface area contributed by atoms with Gasteiger partial charge in [0.15, 0.2) is 0 Å². The number of carbonyl (C=O) groups excluding carboxylic acids is 2. The lowest BCUT2D eigenvalue weighted by atomic mass is 9.97. The minimum absolute atomic E-state index is 0.267. The van der Waals surface area contributed by atoms with E-state index in [0.717, 1.165) is 36.8 Å². The van der Waals surface area contributed by atoms with Crippen LogP contribution in [-0.2, 0) is 22.4 Å². The molecular weight excluding hydrogens is 370 g/mol. The van der Waals surface area contributed by atoms with Crippen LogP contribution in [0.3, 0.4) is 0 Å². The lowest BCUT2D eigenvalue weighted by Crippen LogP contribution is -2.14. The van der Waals surface area contributed by atoms with Crippen molar-refractivity contribution >= 4 is 46.6 Å². The summed E-state index contributed by atoms with van der Waals surface area (Å²) in [7, 11) is 0. The van der Waals surface area contributed by atoms with Crippen LogP contribution in [-0.4, -0.2) is 18.5 Å². The Bertz CT molecular complexity index is 839. The molecule has 1 aliphatic rings. The Hall–Kier alpha value is -2.11. The zero-order valence-electron chi connectivity index (χ0n) is 14.5. The summed E-state index contributed by atoms with van der Waals surface area (Å²) in [4.78, 5) is 26.3. The van der Waals surface area contributed by atoms with Gasteiger partial charge in [-0.1, -0.05) is 23.7 Å². The first-order valence-electron chi connectivity index (χ1n) is 8.64. The van der Waals surface area contributed by atoms with Crippen LogP contribution < -0.4 is 5.32 Å². The van der Waals surface area contributed by atoms with Crippen LogP contribution in [0.4, 0.5) is 5.69 Å². The fourth-order valence-electron chi connectivity index (χ4n) is 2.95. The highest BCUT2D eigenvalue weighted by Gasteiger charge is 2.26. The second-order valence-corrected chi connectivity index (χ2v) is 7.55. The van der Waals surface area contributed by atoms with Crippen molar-refractivity contribution in [3.05, 3.63) is 56.2 Å². The van der Waals surface area contributed by atoms with E-state index in [0.29, 0.717) is 22.2 Å². The molecule has 26 heavy (non-hydrogen) atoms. The molecule has 0 spiro atoms.